The summed E-state index contributed by atoms with van der Waals surface area (Å²) >= 11 is 0. The molecule has 0 amide bonds. The fourth-order valence-corrected chi connectivity index (χ4v) is 1.40. The van der Waals surface area contributed by atoms with Crippen LogP contribution in [-0.4, -0.2) is 29.6 Å². The maximum atomic E-state index is 4.40. The number of rotatable bonds is 7. The quantitative estimate of drug-likeness (QED) is 0.709. The molecular formula is C12H20N4. The van der Waals surface area contributed by atoms with Gasteiger partial charge in [-0.25, -0.2) is 4.98 Å². The van der Waals surface area contributed by atoms with Crippen molar-refractivity contribution in [2.45, 2.75) is 20.4 Å². The van der Waals surface area contributed by atoms with E-state index in [4.69, 9.17) is 0 Å². The van der Waals surface area contributed by atoms with Gasteiger partial charge in [0, 0.05) is 19.6 Å². The van der Waals surface area contributed by atoms with Gasteiger partial charge in [0.1, 0.15) is 5.82 Å². The van der Waals surface area contributed by atoms with Crippen LogP contribution in [0, 0.1) is 0 Å². The number of aromatic nitrogens is 2. The van der Waals surface area contributed by atoms with Crippen LogP contribution in [0.15, 0.2) is 25.0 Å². The van der Waals surface area contributed by atoms with E-state index in [1.807, 2.05) is 18.5 Å². The monoisotopic (exact) mass is 220 g/mol. The van der Waals surface area contributed by atoms with Crippen molar-refractivity contribution in [1.82, 2.24) is 15.3 Å². The lowest BCUT2D eigenvalue weighted by atomic mass is 10.4. The molecule has 88 valence electrons. The summed E-state index contributed by atoms with van der Waals surface area (Å²) in [5.41, 5.74) is 0.972. The zero-order chi connectivity index (χ0) is 11.8. The second-order valence-electron chi connectivity index (χ2n) is 3.47. The second-order valence-corrected chi connectivity index (χ2v) is 3.47. The topological polar surface area (TPSA) is 41.1 Å². The molecule has 4 nitrogen and oxygen atoms in total. The van der Waals surface area contributed by atoms with Crippen molar-refractivity contribution in [3.05, 3.63) is 30.7 Å². The third-order valence-corrected chi connectivity index (χ3v) is 2.30. The molecule has 4 heteroatoms. The zero-order valence-electron chi connectivity index (χ0n) is 10.1. The lowest BCUT2D eigenvalue weighted by molar-refractivity contribution is 0.705. The lowest BCUT2D eigenvalue weighted by Crippen LogP contribution is -2.24. The van der Waals surface area contributed by atoms with Crippen LogP contribution in [0.3, 0.4) is 0 Å². The molecule has 0 bridgehead atoms. The molecule has 0 radical (unpaired) electrons. The highest BCUT2D eigenvalue weighted by Gasteiger charge is 2.04. The summed E-state index contributed by atoms with van der Waals surface area (Å²) in [4.78, 5) is 10.9. The molecule has 16 heavy (non-hydrogen) atoms. The SMILES string of the molecule is C=CCN(CC)c1cnc(CNCC)cn1. The highest BCUT2D eigenvalue weighted by Crippen LogP contribution is 2.08. The summed E-state index contributed by atoms with van der Waals surface area (Å²) in [6.07, 6.45) is 5.52. The highest BCUT2D eigenvalue weighted by atomic mass is 15.2. The van der Waals surface area contributed by atoms with Crippen molar-refractivity contribution in [2.75, 3.05) is 24.5 Å². The number of likely N-dealkylation sites (N-methyl/N-ethyl adjacent to an activating group) is 1. The molecule has 1 N–H and O–H groups in total. The Morgan fingerprint density at radius 2 is 2.19 bits per heavy atom. The van der Waals surface area contributed by atoms with Gasteiger partial charge in [-0.15, -0.1) is 6.58 Å². The second kappa shape index (κ2) is 6.95. The predicted molar refractivity (Wildman–Crippen MR) is 67.5 cm³/mol. The van der Waals surface area contributed by atoms with Crippen LogP contribution in [0.25, 0.3) is 0 Å². The van der Waals surface area contributed by atoms with Crippen molar-refractivity contribution in [3.63, 3.8) is 0 Å². The van der Waals surface area contributed by atoms with Crippen molar-refractivity contribution in [3.8, 4) is 0 Å². The lowest BCUT2D eigenvalue weighted by Gasteiger charge is -2.19. The smallest absolute Gasteiger partial charge is 0.147 e. The van der Waals surface area contributed by atoms with E-state index in [9.17, 15) is 0 Å². The average molecular weight is 220 g/mol. The predicted octanol–water partition coefficient (Wildman–Crippen LogP) is 1.60. The Labute approximate surface area is 97.4 Å². The maximum Gasteiger partial charge on any atom is 0.147 e. The molecule has 0 fully saturated rings. The van der Waals surface area contributed by atoms with Gasteiger partial charge in [0.25, 0.3) is 0 Å². The number of nitrogens with zero attached hydrogens (tertiary/aromatic N) is 3. The normalized spacial score (nSPS) is 10.1. The van der Waals surface area contributed by atoms with Gasteiger partial charge in [-0.1, -0.05) is 13.0 Å². The summed E-state index contributed by atoms with van der Waals surface area (Å²) in [5, 5.41) is 3.22. The summed E-state index contributed by atoms with van der Waals surface area (Å²) in [6.45, 7) is 11.3. The molecule has 0 atom stereocenters. The molecule has 0 aliphatic carbocycles. The maximum absolute atomic E-state index is 4.40. The van der Waals surface area contributed by atoms with Crippen LogP contribution in [0.5, 0.6) is 0 Å². The van der Waals surface area contributed by atoms with Crippen LogP contribution in [-0.2, 0) is 6.54 Å². The van der Waals surface area contributed by atoms with Gasteiger partial charge >= 0.3 is 0 Å². The third-order valence-electron chi connectivity index (χ3n) is 2.30. The molecule has 1 aromatic heterocycles. The number of hydrogen-bond donors (Lipinski definition) is 1. The molecule has 0 aliphatic rings. The fraction of sp³-hybridized carbons (Fsp3) is 0.500. The molecule has 1 aromatic rings. The molecule has 1 rings (SSSR count). The standard InChI is InChI=1S/C12H20N4/c1-4-7-16(6-3)12-10-14-11(9-15-12)8-13-5-2/h4,9-10,13H,1,5-8H2,2-3H3. The Bertz CT molecular complexity index is 307. The van der Waals surface area contributed by atoms with Crippen molar-refractivity contribution >= 4 is 5.82 Å². The summed E-state index contributed by atoms with van der Waals surface area (Å²) in [7, 11) is 0. The minimum atomic E-state index is 0.775. The van der Waals surface area contributed by atoms with Crippen molar-refractivity contribution in [2.24, 2.45) is 0 Å². The molecule has 0 aliphatic heterocycles. The number of hydrogen-bond acceptors (Lipinski definition) is 4. The fourth-order valence-electron chi connectivity index (χ4n) is 1.40. The molecule has 0 unspecified atom stereocenters. The summed E-state index contributed by atoms with van der Waals surface area (Å²) < 4.78 is 0. The molecule has 0 saturated heterocycles. The highest BCUT2D eigenvalue weighted by molar-refractivity contribution is 5.36. The molecule has 1 heterocycles. The van der Waals surface area contributed by atoms with Crippen molar-refractivity contribution < 1.29 is 0 Å². The minimum absolute atomic E-state index is 0.775. The van der Waals surface area contributed by atoms with Crippen molar-refractivity contribution in [1.29, 1.82) is 0 Å². The number of anilines is 1. The summed E-state index contributed by atoms with van der Waals surface area (Å²) in [5.74, 6) is 0.905. The van der Waals surface area contributed by atoms with Crippen LogP contribution in [0.4, 0.5) is 5.82 Å². The van der Waals surface area contributed by atoms with Gasteiger partial charge in [0.2, 0.25) is 0 Å². The summed E-state index contributed by atoms with van der Waals surface area (Å²) in [6, 6.07) is 0. The van der Waals surface area contributed by atoms with Crippen LogP contribution in [0.2, 0.25) is 0 Å². The zero-order valence-corrected chi connectivity index (χ0v) is 10.1. The molecule has 0 saturated carbocycles. The average Bonchev–Trinajstić information content (AvgIpc) is 2.34. The van der Waals surface area contributed by atoms with E-state index in [-0.39, 0.29) is 0 Å². The Kier molecular flexibility index (Phi) is 5.50. The van der Waals surface area contributed by atoms with Crippen LogP contribution >= 0.6 is 0 Å². The Balaban J connectivity index is 2.65. The first-order valence-corrected chi connectivity index (χ1v) is 5.69. The van der Waals surface area contributed by atoms with E-state index < -0.39 is 0 Å². The molecule has 0 aromatic carbocycles. The first-order chi connectivity index (χ1) is 7.81. The molecular weight excluding hydrogens is 200 g/mol. The van der Waals surface area contributed by atoms with Crippen LogP contribution in [0.1, 0.15) is 19.5 Å². The van der Waals surface area contributed by atoms with Gasteiger partial charge < -0.3 is 10.2 Å². The van der Waals surface area contributed by atoms with Gasteiger partial charge in [0.15, 0.2) is 0 Å². The Hall–Kier alpha value is -1.42. The minimum Gasteiger partial charge on any atom is -0.352 e. The van der Waals surface area contributed by atoms with E-state index in [1.165, 1.54) is 0 Å². The van der Waals surface area contributed by atoms with E-state index in [0.717, 1.165) is 37.7 Å². The van der Waals surface area contributed by atoms with Gasteiger partial charge in [-0.2, -0.15) is 0 Å². The van der Waals surface area contributed by atoms with E-state index in [0.29, 0.717) is 0 Å². The van der Waals surface area contributed by atoms with Gasteiger partial charge in [-0.3, -0.25) is 4.98 Å². The largest absolute Gasteiger partial charge is 0.352 e. The third kappa shape index (κ3) is 3.62. The van der Waals surface area contributed by atoms with E-state index >= 15 is 0 Å². The number of nitrogens with one attached hydrogen (secondary N) is 1. The Morgan fingerprint density at radius 1 is 1.38 bits per heavy atom. The van der Waals surface area contributed by atoms with Gasteiger partial charge in [0.05, 0.1) is 18.1 Å². The first-order valence-electron chi connectivity index (χ1n) is 5.69. The Morgan fingerprint density at radius 3 is 2.69 bits per heavy atom. The van der Waals surface area contributed by atoms with E-state index in [2.05, 4.69) is 40.6 Å². The van der Waals surface area contributed by atoms with Gasteiger partial charge in [-0.05, 0) is 13.5 Å². The van der Waals surface area contributed by atoms with Crippen LogP contribution < -0.4 is 10.2 Å². The molecule has 0 spiro atoms. The van der Waals surface area contributed by atoms with E-state index in [1.54, 1.807) is 0 Å². The first kappa shape index (κ1) is 12.6.